The molecule has 164 valence electrons. The van der Waals surface area contributed by atoms with Gasteiger partial charge in [0.25, 0.3) is 5.69 Å². The van der Waals surface area contributed by atoms with Gasteiger partial charge < -0.3 is 19.3 Å². The number of cyclic esters (lactones) is 1. The number of hydrogen-bond acceptors (Lipinski definition) is 7. The maximum absolute atomic E-state index is 11.5. The summed E-state index contributed by atoms with van der Waals surface area (Å²) >= 11 is 0. The highest BCUT2D eigenvalue weighted by atomic mass is 16.6. The summed E-state index contributed by atoms with van der Waals surface area (Å²) in [6, 6.07) is 18.3. The molecule has 2 heterocycles. The van der Waals surface area contributed by atoms with Crippen LogP contribution in [0.4, 0.5) is 22.0 Å². The molecule has 1 aliphatic heterocycles. The molecule has 9 heteroatoms. The highest BCUT2D eigenvalue weighted by molar-refractivity contribution is 5.69. The Bertz CT molecular complexity index is 1100. The normalized spacial score (nSPS) is 15.4. The number of carbonyl (C=O) groups excluding carboxylic acids is 1. The van der Waals surface area contributed by atoms with E-state index >= 15 is 0 Å². The topological polar surface area (TPSA) is 98.0 Å². The third-order valence-electron chi connectivity index (χ3n) is 5.38. The van der Waals surface area contributed by atoms with Crippen molar-refractivity contribution in [1.82, 2.24) is 9.88 Å². The number of rotatable bonds is 7. The standard InChI is InChI=1S/C23H22N4O5/c1-25(22-12-7-18(14-24-22)27(29)30)17-5-10-21(11-6-17)32-20-8-3-16(4-9-20)13-19-15-31-23(28)26(19)2/h3-12,14,19H,13,15H2,1-2H3/t19-/m0/s1. The molecule has 1 atom stereocenters. The average molecular weight is 434 g/mol. The van der Waals surface area contributed by atoms with Gasteiger partial charge in [-0.15, -0.1) is 0 Å². The van der Waals surface area contributed by atoms with Crippen molar-refractivity contribution in [2.24, 2.45) is 0 Å². The summed E-state index contributed by atoms with van der Waals surface area (Å²) in [4.78, 5) is 29.4. The van der Waals surface area contributed by atoms with Crippen molar-refractivity contribution < 1.29 is 19.2 Å². The predicted octanol–water partition coefficient (Wildman–Crippen LogP) is 4.54. The number of amides is 1. The molecule has 3 aromatic rings. The van der Waals surface area contributed by atoms with Crippen LogP contribution in [0, 0.1) is 10.1 Å². The summed E-state index contributed by atoms with van der Waals surface area (Å²) in [7, 11) is 3.58. The molecule has 0 N–H and O–H groups in total. The number of carbonyl (C=O) groups is 1. The molecule has 1 fully saturated rings. The van der Waals surface area contributed by atoms with Crippen LogP contribution in [0.3, 0.4) is 0 Å². The Labute approximate surface area is 185 Å². The van der Waals surface area contributed by atoms with Crippen LogP contribution in [-0.2, 0) is 11.2 Å². The monoisotopic (exact) mass is 434 g/mol. The van der Waals surface area contributed by atoms with Gasteiger partial charge in [0.2, 0.25) is 0 Å². The molecule has 1 aliphatic rings. The maximum atomic E-state index is 11.5. The quantitative estimate of drug-likeness (QED) is 0.398. The first-order valence-corrected chi connectivity index (χ1v) is 10.0. The Morgan fingerprint density at radius 2 is 1.78 bits per heavy atom. The van der Waals surface area contributed by atoms with E-state index in [0.717, 1.165) is 17.7 Å². The first-order valence-electron chi connectivity index (χ1n) is 10.0. The molecule has 0 aliphatic carbocycles. The Morgan fingerprint density at radius 3 is 2.31 bits per heavy atom. The lowest BCUT2D eigenvalue weighted by molar-refractivity contribution is -0.385. The smallest absolute Gasteiger partial charge is 0.409 e. The van der Waals surface area contributed by atoms with Crippen LogP contribution in [0.15, 0.2) is 66.9 Å². The van der Waals surface area contributed by atoms with Crippen LogP contribution in [0.5, 0.6) is 11.5 Å². The van der Waals surface area contributed by atoms with Crippen molar-refractivity contribution >= 4 is 23.3 Å². The molecule has 1 amide bonds. The minimum atomic E-state index is -0.474. The lowest BCUT2D eigenvalue weighted by atomic mass is 10.1. The van der Waals surface area contributed by atoms with Crippen LogP contribution in [0.25, 0.3) is 0 Å². The van der Waals surface area contributed by atoms with E-state index in [1.165, 1.54) is 12.3 Å². The van der Waals surface area contributed by atoms with Crippen molar-refractivity contribution in [1.29, 1.82) is 0 Å². The van der Waals surface area contributed by atoms with Crippen LogP contribution >= 0.6 is 0 Å². The second kappa shape index (κ2) is 8.93. The molecule has 32 heavy (non-hydrogen) atoms. The molecule has 0 spiro atoms. The van der Waals surface area contributed by atoms with Crippen molar-refractivity contribution in [3.05, 3.63) is 82.5 Å². The van der Waals surface area contributed by atoms with Crippen molar-refractivity contribution in [3.8, 4) is 11.5 Å². The van der Waals surface area contributed by atoms with Crippen molar-refractivity contribution in [3.63, 3.8) is 0 Å². The molecular weight excluding hydrogens is 412 g/mol. The average Bonchev–Trinajstić information content (AvgIpc) is 3.12. The number of ether oxygens (including phenoxy) is 2. The summed E-state index contributed by atoms with van der Waals surface area (Å²) < 4.78 is 11.0. The van der Waals surface area contributed by atoms with Gasteiger partial charge >= 0.3 is 6.09 Å². The van der Waals surface area contributed by atoms with E-state index in [0.29, 0.717) is 23.9 Å². The maximum Gasteiger partial charge on any atom is 0.409 e. The summed E-state index contributed by atoms with van der Waals surface area (Å²) in [5.41, 5.74) is 1.92. The minimum absolute atomic E-state index is 0.0454. The SMILES string of the molecule is CN(c1ccc(Oc2ccc(C[C@H]3COC(=O)N3C)cc2)cc1)c1ccc([N+](=O)[O-])cn1. The van der Waals surface area contributed by atoms with Gasteiger partial charge in [0.15, 0.2) is 0 Å². The predicted molar refractivity (Wildman–Crippen MR) is 119 cm³/mol. The van der Waals surface area contributed by atoms with E-state index in [9.17, 15) is 14.9 Å². The van der Waals surface area contributed by atoms with Gasteiger partial charge in [-0.05, 0) is 54.4 Å². The highest BCUT2D eigenvalue weighted by Gasteiger charge is 2.29. The van der Waals surface area contributed by atoms with Crippen LogP contribution in [-0.4, -0.2) is 47.6 Å². The van der Waals surface area contributed by atoms with E-state index in [1.54, 1.807) is 18.0 Å². The second-order valence-corrected chi connectivity index (χ2v) is 7.48. The number of aromatic nitrogens is 1. The third-order valence-corrected chi connectivity index (χ3v) is 5.38. The molecule has 0 saturated carbocycles. The molecular formula is C23H22N4O5. The van der Waals surface area contributed by atoms with Crippen LogP contribution in [0.2, 0.25) is 0 Å². The zero-order valence-electron chi connectivity index (χ0n) is 17.7. The first kappa shape index (κ1) is 21.1. The summed E-state index contributed by atoms with van der Waals surface area (Å²) in [5, 5.41) is 10.8. The minimum Gasteiger partial charge on any atom is -0.457 e. The highest BCUT2D eigenvalue weighted by Crippen LogP contribution is 2.28. The van der Waals surface area contributed by atoms with E-state index in [4.69, 9.17) is 9.47 Å². The van der Waals surface area contributed by atoms with Crippen LogP contribution in [0.1, 0.15) is 5.56 Å². The second-order valence-electron chi connectivity index (χ2n) is 7.48. The molecule has 0 unspecified atom stereocenters. The first-order chi connectivity index (χ1) is 15.4. The van der Waals surface area contributed by atoms with Gasteiger partial charge in [-0.3, -0.25) is 10.1 Å². The van der Waals surface area contributed by atoms with Crippen molar-refractivity contribution in [2.45, 2.75) is 12.5 Å². The number of pyridine rings is 1. The summed E-state index contributed by atoms with van der Waals surface area (Å²) in [6.07, 6.45) is 1.68. The summed E-state index contributed by atoms with van der Waals surface area (Å²) in [6.45, 7) is 0.407. The van der Waals surface area contributed by atoms with Crippen molar-refractivity contribution in [2.75, 3.05) is 25.6 Å². The molecule has 1 aromatic heterocycles. The van der Waals surface area contributed by atoms with E-state index in [1.807, 2.05) is 60.5 Å². The van der Waals surface area contributed by atoms with Gasteiger partial charge in [-0.25, -0.2) is 9.78 Å². The lowest BCUT2D eigenvalue weighted by Gasteiger charge is -2.18. The molecule has 0 radical (unpaired) electrons. The Kier molecular flexibility index (Phi) is 5.89. The fourth-order valence-electron chi connectivity index (χ4n) is 3.38. The van der Waals surface area contributed by atoms with E-state index in [-0.39, 0.29) is 17.8 Å². The van der Waals surface area contributed by atoms with E-state index < -0.39 is 4.92 Å². The van der Waals surface area contributed by atoms with Gasteiger partial charge in [0.05, 0.1) is 11.0 Å². The number of nitrogens with zero attached hydrogens (tertiary/aromatic N) is 4. The van der Waals surface area contributed by atoms with Crippen LogP contribution < -0.4 is 9.64 Å². The molecule has 2 aromatic carbocycles. The Balaban J connectivity index is 1.37. The fraction of sp³-hybridized carbons (Fsp3) is 0.217. The largest absolute Gasteiger partial charge is 0.457 e. The number of nitro groups is 1. The summed E-state index contributed by atoms with van der Waals surface area (Å²) in [5.74, 6) is 1.99. The number of likely N-dealkylation sites (N-methyl/N-ethyl adjacent to an activating group) is 1. The Morgan fingerprint density at radius 1 is 1.12 bits per heavy atom. The Hall–Kier alpha value is -4.14. The molecule has 9 nitrogen and oxygen atoms in total. The third kappa shape index (κ3) is 4.61. The molecule has 4 rings (SSSR count). The lowest BCUT2D eigenvalue weighted by Crippen LogP contribution is -2.30. The number of hydrogen-bond donors (Lipinski definition) is 0. The number of anilines is 2. The van der Waals surface area contributed by atoms with Gasteiger partial charge in [0, 0.05) is 25.8 Å². The van der Waals surface area contributed by atoms with E-state index in [2.05, 4.69) is 4.98 Å². The fourth-order valence-corrected chi connectivity index (χ4v) is 3.38. The number of benzene rings is 2. The zero-order chi connectivity index (χ0) is 22.7. The van der Waals surface area contributed by atoms with Gasteiger partial charge in [-0.1, -0.05) is 12.1 Å². The van der Waals surface area contributed by atoms with Gasteiger partial charge in [0.1, 0.15) is 30.1 Å². The molecule has 0 bridgehead atoms. The zero-order valence-corrected chi connectivity index (χ0v) is 17.7. The van der Waals surface area contributed by atoms with Gasteiger partial charge in [-0.2, -0.15) is 0 Å². The molecule has 1 saturated heterocycles.